The van der Waals surface area contributed by atoms with E-state index in [4.69, 9.17) is 14.2 Å². The molecule has 2 bridgehead atoms. The highest BCUT2D eigenvalue weighted by Crippen LogP contribution is 2.47. The number of carbonyl (C=O) groups excluding carboxylic acids is 2. The molecule has 5 rings (SSSR count). The lowest BCUT2D eigenvalue weighted by Crippen LogP contribution is -2.50. The van der Waals surface area contributed by atoms with Crippen LogP contribution >= 0.6 is 0 Å². The summed E-state index contributed by atoms with van der Waals surface area (Å²) in [4.78, 5) is 30.5. The molecule has 2 saturated heterocycles. The standard InChI is InChI=1S/C31H36N2O5/c1-30(2,3)38-29(35)33-19-21-16-22(33)18-32(21)24-17-26(36-6)27(28-23(24)14-15-31(4,5)37-28)25(34)13-12-20-10-8-7-9-11-20/h7-15,17,21-22H,16,18-19H2,1-6H3/t21-,22-/m1/s1. The highest BCUT2D eigenvalue weighted by molar-refractivity contribution is 6.12. The average molecular weight is 517 g/mol. The third kappa shape index (κ3) is 5.02. The normalized spacial score (nSPS) is 21.4. The molecule has 0 radical (unpaired) electrons. The van der Waals surface area contributed by atoms with Crippen LogP contribution in [-0.2, 0) is 4.74 Å². The van der Waals surface area contributed by atoms with Gasteiger partial charge >= 0.3 is 6.09 Å². The van der Waals surface area contributed by atoms with Crippen molar-refractivity contribution < 1.29 is 23.8 Å². The second-order valence-electron chi connectivity index (χ2n) is 11.7. The number of hydrogen-bond acceptors (Lipinski definition) is 6. The van der Waals surface area contributed by atoms with Crippen LogP contribution in [0.3, 0.4) is 0 Å². The molecular weight excluding hydrogens is 480 g/mol. The number of rotatable bonds is 5. The minimum atomic E-state index is -0.577. The van der Waals surface area contributed by atoms with Crippen molar-refractivity contribution >= 4 is 29.7 Å². The minimum absolute atomic E-state index is 0.0662. The van der Waals surface area contributed by atoms with Crippen LogP contribution in [0.1, 0.15) is 62.5 Å². The number of benzene rings is 2. The molecule has 2 atom stereocenters. The monoisotopic (exact) mass is 516 g/mol. The predicted octanol–water partition coefficient (Wildman–Crippen LogP) is 5.97. The van der Waals surface area contributed by atoms with Crippen molar-refractivity contribution in [3.05, 3.63) is 65.2 Å². The second kappa shape index (κ2) is 9.53. The number of anilines is 1. The Morgan fingerprint density at radius 1 is 1.11 bits per heavy atom. The third-order valence-corrected chi connectivity index (χ3v) is 7.15. The Labute approximate surface area is 224 Å². The quantitative estimate of drug-likeness (QED) is 0.360. The van der Waals surface area contributed by atoms with Crippen molar-refractivity contribution in [2.75, 3.05) is 25.1 Å². The van der Waals surface area contributed by atoms with Gasteiger partial charge in [0.15, 0.2) is 5.78 Å². The maximum absolute atomic E-state index is 13.5. The molecule has 7 heteroatoms. The van der Waals surface area contributed by atoms with Gasteiger partial charge in [0.25, 0.3) is 0 Å². The molecule has 3 aliphatic rings. The first-order chi connectivity index (χ1) is 18.0. The van der Waals surface area contributed by atoms with Crippen LogP contribution in [0.25, 0.3) is 12.2 Å². The fourth-order valence-corrected chi connectivity index (χ4v) is 5.44. The summed E-state index contributed by atoms with van der Waals surface area (Å²) in [6, 6.07) is 11.9. The molecule has 0 saturated carbocycles. The van der Waals surface area contributed by atoms with E-state index in [0.717, 1.165) is 23.2 Å². The largest absolute Gasteiger partial charge is 0.496 e. The summed E-state index contributed by atoms with van der Waals surface area (Å²) >= 11 is 0. The zero-order valence-electron chi connectivity index (χ0n) is 23.0. The Balaban J connectivity index is 1.49. The van der Waals surface area contributed by atoms with Crippen molar-refractivity contribution in [1.82, 2.24) is 4.90 Å². The number of nitrogens with zero attached hydrogens (tertiary/aromatic N) is 2. The summed E-state index contributed by atoms with van der Waals surface area (Å²) in [6.07, 6.45) is 8.03. The number of hydrogen-bond donors (Lipinski definition) is 0. The van der Waals surface area contributed by atoms with E-state index in [-0.39, 0.29) is 24.0 Å². The van der Waals surface area contributed by atoms with Crippen LogP contribution in [0.15, 0.2) is 48.6 Å². The number of fused-ring (bicyclic) bond motifs is 3. The number of amides is 1. The van der Waals surface area contributed by atoms with E-state index in [0.29, 0.717) is 30.2 Å². The minimum Gasteiger partial charge on any atom is -0.496 e. The van der Waals surface area contributed by atoms with Gasteiger partial charge < -0.3 is 24.0 Å². The smallest absolute Gasteiger partial charge is 0.410 e. The van der Waals surface area contributed by atoms with Crippen LogP contribution in [0.4, 0.5) is 10.5 Å². The highest BCUT2D eigenvalue weighted by Gasteiger charge is 2.47. The van der Waals surface area contributed by atoms with E-state index in [2.05, 4.69) is 4.90 Å². The average Bonchev–Trinajstić information content (AvgIpc) is 3.46. The molecule has 38 heavy (non-hydrogen) atoms. The molecule has 3 heterocycles. The van der Waals surface area contributed by atoms with Gasteiger partial charge in [-0.05, 0) is 64.8 Å². The van der Waals surface area contributed by atoms with Crippen LogP contribution in [0, 0.1) is 0 Å². The van der Waals surface area contributed by atoms with Crippen LogP contribution in [-0.4, -0.2) is 60.3 Å². The summed E-state index contributed by atoms with van der Waals surface area (Å²) in [7, 11) is 1.58. The maximum atomic E-state index is 13.5. The molecule has 1 amide bonds. The van der Waals surface area contributed by atoms with Gasteiger partial charge in [-0.15, -0.1) is 0 Å². The van der Waals surface area contributed by atoms with E-state index >= 15 is 0 Å². The summed E-state index contributed by atoms with van der Waals surface area (Å²) < 4.78 is 17.8. The van der Waals surface area contributed by atoms with E-state index < -0.39 is 11.2 Å². The fourth-order valence-electron chi connectivity index (χ4n) is 5.44. The zero-order valence-corrected chi connectivity index (χ0v) is 23.0. The third-order valence-electron chi connectivity index (χ3n) is 7.15. The van der Waals surface area contributed by atoms with Crippen molar-refractivity contribution in [2.24, 2.45) is 0 Å². The summed E-state index contributed by atoms with van der Waals surface area (Å²) in [5.41, 5.74) is 2.05. The van der Waals surface area contributed by atoms with Crippen LogP contribution in [0.2, 0.25) is 0 Å². The molecular formula is C31H36N2O5. The maximum Gasteiger partial charge on any atom is 0.410 e. The molecule has 0 aliphatic carbocycles. The van der Waals surface area contributed by atoms with E-state index in [9.17, 15) is 9.59 Å². The molecule has 3 aliphatic heterocycles. The Bertz CT molecular complexity index is 1310. The Kier molecular flexibility index (Phi) is 6.49. The predicted molar refractivity (Wildman–Crippen MR) is 149 cm³/mol. The van der Waals surface area contributed by atoms with E-state index in [1.807, 2.05) is 88.1 Å². The summed E-state index contributed by atoms with van der Waals surface area (Å²) in [5.74, 6) is 0.819. The topological polar surface area (TPSA) is 68.3 Å². The molecule has 0 spiro atoms. The molecule has 0 unspecified atom stereocenters. The van der Waals surface area contributed by atoms with E-state index in [1.165, 1.54) is 0 Å². The Morgan fingerprint density at radius 3 is 2.47 bits per heavy atom. The van der Waals surface area contributed by atoms with Gasteiger partial charge in [0.1, 0.15) is 28.3 Å². The van der Waals surface area contributed by atoms with Gasteiger partial charge in [0, 0.05) is 30.8 Å². The molecule has 2 aromatic rings. The first kappa shape index (κ1) is 25.9. The van der Waals surface area contributed by atoms with Gasteiger partial charge in [-0.1, -0.05) is 36.4 Å². The van der Waals surface area contributed by atoms with Gasteiger partial charge in [0.2, 0.25) is 0 Å². The van der Waals surface area contributed by atoms with Gasteiger partial charge in [0.05, 0.1) is 18.8 Å². The Morgan fingerprint density at radius 2 is 1.84 bits per heavy atom. The van der Waals surface area contributed by atoms with E-state index in [1.54, 1.807) is 19.3 Å². The molecule has 0 N–H and O–H groups in total. The fraction of sp³-hybridized carbons (Fsp3) is 0.419. The highest BCUT2D eigenvalue weighted by atomic mass is 16.6. The Hall–Kier alpha value is -3.74. The first-order valence-electron chi connectivity index (χ1n) is 13.1. The number of methoxy groups -OCH3 is 1. The number of ketones is 1. The molecule has 2 fully saturated rings. The van der Waals surface area contributed by atoms with Gasteiger partial charge in [-0.25, -0.2) is 4.79 Å². The molecule has 7 nitrogen and oxygen atoms in total. The van der Waals surface area contributed by atoms with Crippen molar-refractivity contribution in [3.63, 3.8) is 0 Å². The van der Waals surface area contributed by atoms with Crippen LogP contribution < -0.4 is 14.4 Å². The summed E-state index contributed by atoms with van der Waals surface area (Å²) in [6.45, 7) is 10.9. The SMILES string of the molecule is COc1cc(N2C[C@H]3C[C@@H]2CN3C(=O)OC(C)(C)C)c2c(c1C(=O)C=Cc1ccccc1)OC(C)(C)C=C2. The lowest BCUT2D eigenvalue weighted by Gasteiger charge is -2.38. The first-order valence-corrected chi connectivity index (χ1v) is 13.1. The number of carbonyl (C=O) groups is 2. The lowest BCUT2D eigenvalue weighted by atomic mass is 9.94. The van der Waals surface area contributed by atoms with Gasteiger partial charge in [-0.3, -0.25) is 4.79 Å². The van der Waals surface area contributed by atoms with Crippen molar-refractivity contribution in [1.29, 1.82) is 0 Å². The molecule has 200 valence electrons. The number of piperazine rings is 1. The molecule has 2 aromatic carbocycles. The number of allylic oxidation sites excluding steroid dienone is 1. The van der Waals surface area contributed by atoms with Crippen molar-refractivity contribution in [3.8, 4) is 11.5 Å². The number of likely N-dealkylation sites (tertiary alicyclic amines) is 1. The zero-order chi connectivity index (χ0) is 27.2. The number of ether oxygens (including phenoxy) is 3. The van der Waals surface area contributed by atoms with Crippen molar-refractivity contribution in [2.45, 2.75) is 64.3 Å². The molecule has 0 aromatic heterocycles. The lowest BCUT2D eigenvalue weighted by molar-refractivity contribution is 0.0214. The second-order valence-corrected chi connectivity index (χ2v) is 11.7. The van der Waals surface area contributed by atoms with Gasteiger partial charge in [-0.2, -0.15) is 0 Å². The summed E-state index contributed by atoms with van der Waals surface area (Å²) in [5, 5.41) is 0. The van der Waals surface area contributed by atoms with Crippen LogP contribution in [0.5, 0.6) is 11.5 Å².